The molecule has 0 saturated carbocycles. The molecule has 0 fully saturated rings. The lowest BCUT2D eigenvalue weighted by Crippen LogP contribution is -2.25. The smallest absolute Gasteiger partial charge is 0.251 e. The van der Waals surface area contributed by atoms with Crippen molar-refractivity contribution in [1.82, 2.24) is 20.5 Å². The summed E-state index contributed by atoms with van der Waals surface area (Å²) in [4.78, 5) is 15.8. The molecule has 7 heteroatoms. The zero-order chi connectivity index (χ0) is 16.8. The third kappa shape index (κ3) is 3.75. The van der Waals surface area contributed by atoms with Crippen molar-refractivity contribution in [3.05, 3.63) is 60.2 Å². The van der Waals surface area contributed by atoms with Crippen molar-refractivity contribution in [3.8, 4) is 17.2 Å². The van der Waals surface area contributed by atoms with Gasteiger partial charge in [0.25, 0.3) is 5.91 Å². The van der Waals surface area contributed by atoms with E-state index in [1.807, 2.05) is 24.3 Å². The summed E-state index contributed by atoms with van der Waals surface area (Å²) in [6.07, 6.45) is 3.61. The van der Waals surface area contributed by atoms with Crippen LogP contribution in [-0.2, 0) is 6.42 Å². The molecule has 0 bridgehead atoms. The van der Waals surface area contributed by atoms with Crippen LogP contribution >= 0.6 is 0 Å². The summed E-state index contributed by atoms with van der Waals surface area (Å²) in [6, 6.07) is 10.7. The SMILES string of the molecule is COc1ccc(-c2nnc(CCNC(=O)c3ccncc3)o2)cc1. The molecule has 2 heterocycles. The van der Waals surface area contributed by atoms with Gasteiger partial charge in [-0.3, -0.25) is 9.78 Å². The fourth-order valence-corrected chi connectivity index (χ4v) is 2.09. The van der Waals surface area contributed by atoms with Crippen molar-refractivity contribution >= 4 is 5.91 Å². The van der Waals surface area contributed by atoms with Gasteiger partial charge in [0.2, 0.25) is 11.8 Å². The second-order valence-electron chi connectivity index (χ2n) is 4.97. The second-order valence-corrected chi connectivity index (χ2v) is 4.97. The van der Waals surface area contributed by atoms with E-state index in [-0.39, 0.29) is 5.91 Å². The van der Waals surface area contributed by atoms with Gasteiger partial charge in [0.05, 0.1) is 7.11 Å². The summed E-state index contributed by atoms with van der Waals surface area (Å²) < 4.78 is 10.7. The third-order valence-electron chi connectivity index (χ3n) is 3.37. The van der Waals surface area contributed by atoms with Gasteiger partial charge in [-0.05, 0) is 36.4 Å². The first kappa shape index (κ1) is 15.7. The molecule has 0 unspecified atom stereocenters. The molecule has 0 spiro atoms. The first-order valence-corrected chi connectivity index (χ1v) is 7.41. The van der Waals surface area contributed by atoms with Crippen molar-refractivity contribution in [2.75, 3.05) is 13.7 Å². The third-order valence-corrected chi connectivity index (χ3v) is 3.37. The molecule has 0 aliphatic rings. The van der Waals surface area contributed by atoms with Crippen molar-refractivity contribution in [1.29, 1.82) is 0 Å². The fraction of sp³-hybridized carbons (Fsp3) is 0.176. The van der Waals surface area contributed by atoms with E-state index >= 15 is 0 Å². The van der Waals surface area contributed by atoms with Crippen molar-refractivity contribution < 1.29 is 13.9 Å². The van der Waals surface area contributed by atoms with Gasteiger partial charge >= 0.3 is 0 Å². The molecule has 1 aromatic carbocycles. The van der Waals surface area contributed by atoms with Gasteiger partial charge in [0, 0.05) is 36.5 Å². The summed E-state index contributed by atoms with van der Waals surface area (Å²) in [7, 11) is 1.61. The van der Waals surface area contributed by atoms with E-state index in [0.29, 0.717) is 30.3 Å². The number of methoxy groups -OCH3 is 1. The Balaban J connectivity index is 1.55. The van der Waals surface area contributed by atoms with E-state index in [9.17, 15) is 4.79 Å². The standard InChI is InChI=1S/C17H16N4O3/c1-23-14-4-2-13(3-5-14)17-21-20-15(24-17)8-11-19-16(22)12-6-9-18-10-7-12/h2-7,9-10H,8,11H2,1H3,(H,19,22). The van der Waals surface area contributed by atoms with E-state index in [4.69, 9.17) is 9.15 Å². The van der Waals surface area contributed by atoms with E-state index in [0.717, 1.165) is 11.3 Å². The van der Waals surface area contributed by atoms with Gasteiger partial charge in [-0.1, -0.05) is 0 Å². The minimum atomic E-state index is -0.160. The highest BCUT2D eigenvalue weighted by molar-refractivity contribution is 5.93. The zero-order valence-electron chi connectivity index (χ0n) is 13.1. The van der Waals surface area contributed by atoms with Crippen LogP contribution in [0.5, 0.6) is 5.75 Å². The first-order chi connectivity index (χ1) is 11.8. The number of amides is 1. The lowest BCUT2D eigenvalue weighted by atomic mass is 10.2. The average Bonchev–Trinajstić information content (AvgIpc) is 3.11. The van der Waals surface area contributed by atoms with Crippen molar-refractivity contribution in [3.63, 3.8) is 0 Å². The van der Waals surface area contributed by atoms with Crippen LogP contribution in [0.2, 0.25) is 0 Å². The molecule has 0 radical (unpaired) electrons. The Hall–Kier alpha value is -3.22. The predicted octanol–water partition coefficient (Wildman–Crippen LogP) is 2.11. The first-order valence-electron chi connectivity index (χ1n) is 7.41. The molecular formula is C17H16N4O3. The number of ether oxygens (including phenoxy) is 1. The van der Waals surface area contributed by atoms with Crippen LogP contribution in [0.4, 0.5) is 0 Å². The van der Waals surface area contributed by atoms with Crippen LogP contribution in [-0.4, -0.2) is 34.7 Å². The number of pyridine rings is 1. The molecule has 7 nitrogen and oxygen atoms in total. The number of rotatable bonds is 6. The molecule has 24 heavy (non-hydrogen) atoms. The number of carbonyl (C=O) groups excluding carboxylic acids is 1. The van der Waals surface area contributed by atoms with Crippen molar-refractivity contribution in [2.45, 2.75) is 6.42 Å². The summed E-state index contributed by atoms with van der Waals surface area (Å²) in [5.74, 6) is 1.51. The van der Waals surface area contributed by atoms with Gasteiger partial charge in [0.1, 0.15) is 5.75 Å². The Labute approximate surface area is 138 Å². The lowest BCUT2D eigenvalue weighted by molar-refractivity contribution is 0.0953. The quantitative estimate of drug-likeness (QED) is 0.747. The number of hydrogen-bond donors (Lipinski definition) is 1. The highest BCUT2D eigenvalue weighted by Gasteiger charge is 2.10. The predicted molar refractivity (Wildman–Crippen MR) is 86.6 cm³/mol. The average molecular weight is 324 g/mol. The normalized spacial score (nSPS) is 10.4. The summed E-state index contributed by atoms with van der Waals surface area (Å²) in [5, 5.41) is 10.8. The number of carbonyl (C=O) groups is 1. The number of nitrogens with one attached hydrogen (secondary N) is 1. The zero-order valence-corrected chi connectivity index (χ0v) is 13.1. The minimum absolute atomic E-state index is 0.160. The Kier molecular flexibility index (Phi) is 4.81. The molecule has 1 amide bonds. The molecule has 3 aromatic rings. The molecule has 0 atom stereocenters. The highest BCUT2D eigenvalue weighted by atomic mass is 16.5. The van der Waals surface area contributed by atoms with E-state index < -0.39 is 0 Å². The number of nitrogens with zero attached hydrogens (tertiary/aromatic N) is 3. The van der Waals surface area contributed by atoms with Crippen LogP contribution in [0, 0.1) is 0 Å². The van der Waals surface area contributed by atoms with Gasteiger partial charge in [0.15, 0.2) is 0 Å². The topological polar surface area (TPSA) is 90.1 Å². The van der Waals surface area contributed by atoms with Crippen LogP contribution in [0.1, 0.15) is 16.2 Å². The van der Waals surface area contributed by atoms with Crippen molar-refractivity contribution in [2.24, 2.45) is 0 Å². The van der Waals surface area contributed by atoms with Gasteiger partial charge in [-0.2, -0.15) is 0 Å². The summed E-state index contributed by atoms with van der Waals surface area (Å²) >= 11 is 0. The molecule has 2 aromatic heterocycles. The molecule has 0 saturated heterocycles. The number of benzene rings is 1. The Morgan fingerprint density at radius 2 is 1.88 bits per heavy atom. The van der Waals surface area contributed by atoms with E-state index in [1.54, 1.807) is 31.6 Å². The maximum Gasteiger partial charge on any atom is 0.251 e. The Bertz CT molecular complexity index is 800. The minimum Gasteiger partial charge on any atom is -0.497 e. The molecular weight excluding hydrogens is 308 g/mol. The van der Waals surface area contributed by atoms with E-state index in [2.05, 4.69) is 20.5 Å². The van der Waals surface area contributed by atoms with Gasteiger partial charge < -0.3 is 14.5 Å². The van der Waals surface area contributed by atoms with Gasteiger partial charge in [-0.25, -0.2) is 0 Å². The molecule has 0 aliphatic carbocycles. The molecule has 3 rings (SSSR count). The van der Waals surface area contributed by atoms with Crippen LogP contribution < -0.4 is 10.1 Å². The summed E-state index contributed by atoms with van der Waals surface area (Å²) in [5.41, 5.74) is 1.38. The monoisotopic (exact) mass is 324 g/mol. The highest BCUT2D eigenvalue weighted by Crippen LogP contribution is 2.21. The van der Waals surface area contributed by atoms with Crippen LogP contribution in [0.3, 0.4) is 0 Å². The second kappa shape index (κ2) is 7.36. The molecule has 0 aliphatic heterocycles. The number of aromatic nitrogens is 3. The molecule has 122 valence electrons. The van der Waals surface area contributed by atoms with Gasteiger partial charge in [-0.15, -0.1) is 10.2 Å². The Morgan fingerprint density at radius 1 is 1.12 bits per heavy atom. The van der Waals surface area contributed by atoms with E-state index in [1.165, 1.54) is 0 Å². The largest absolute Gasteiger partial charge is 0.497 e. The maximum absolute atomic E-state index is 11.9. The Morgan fingerprint density at radius 3 is 2.58 bits per heavy atom. The summed E-state index contributed by atoms with van der Waals surface area (Å²) in [6.45, 7) is 0.408. The van der Waals surface area contributed by atoms with Crippen LogP contribution in [0.15, 0.2) is 53.2 Å². The lowest BCUT2D eigenvalue weighted by Gasteiger charge is -2.02. The molecule has 1 N–H and O–H groups in total. The number of hydrogen-bond acceptors (Lipinski definition) is 6. The maximum atomic E-state index is 11.9. The van der Waals surface area contributed by atoms with Crippen LogP contribution in [0.25, 0.3) is 11.5 Å². The fourth-order valence-electron chi connectivity index (χ4n) is 2.09.